The molecule has 0 aliphatic rings. The van der Waals surface area contributed by atoms with Crippen LogP contribution in [0.1, 0.15) is 31.3 Å². The van der Waals surface area contributed by atoms with Crippen molar-refractivity contribution >= 4 is 28.6 Å². The first-order valence-corrected chi connectivity index (χ1v) is 9.30. The van der Waals surface area contributed by atoms with Gasteiger partial charge in [-0.1, -0.05) is 11.6 Å². The molecule has 3 rings (SSSR count). The molecule has 0 saturated heterocycles. The van der Waals surface area contributed by atoms with Gasteiger partial charge in [0, 0.05) is 6.07 Å². The molecule has 0 bridgehead atoms. The lowest BCUT2D eigenvalue weighted by atomic mass is 10.2. The van der Waals surface area contributed by atoms with Gasteiger partial charge in [0.25, 0.3) is 0 Å². The van der Waals surface area contributed by atoms with E-state index in [0.717, 1.165) is 0 Å². The minimum Gasteiger partial charge on any atom is -0.464 e. The molecule has 1 unspecified atom stereocenters. The van der Waals surface area contributed by atoms with Gasteiger partial charge in [-0.05, 0) is 45.0 Å². The van der Waals surface area contributed by atoms with Crippen LogP contribution in [0, 0.1) is 12.7 Å². The molecule has 0 amide bonds. The Labute approximate surface area is 174 Å². The van der Waals surface area contributed by atoms with Gasteiger partial charge in [0.1, 0.15) is 17.6 Å². The lowest BCUT2D eigenvalue weighted by Gasteiger charge is -2.16. The van der Waals surface area contributed by atoms with Gasteiger partial charge >= 0.3 is 12.1 Å². The van der Waals surface area contributed by atoms with Crippen molar-refractivity contribution in [2.75, 3.05) is 6.61 Å². The Balaban J connectivity index is 2.01. The summed E-state index contributed by atoms with van der Waals surface area (Å²) in [5, 5.41) is -0.521. The van der Waals surface area contributed by atoms with Gasteiger partial charge in [-0.2, -0.15) is 13.2 Å². The third-order valence-electron chi connectivity index (χ3n) is 4.40. The molecular weight excluding hydrogens is 428 g/mol. The highest BCUT2D eigenvalue weighted by molar-refractivity contribution is 6.32. The summed E-state index contributed by atoms with van der Waals surface area (Å²) in [7, 11) is 0. The number of halogens is 5. The van der Waals surface area contributed by atoms with Gasteiger partial charge in [0.2, 0.25) is 0 Å². The highest BCUT2D eigenvalue weighted by Crippen LogP contribution is 2.39. The van der Waals surface area contributed by atoms with Gasteiger partial charge < -0.3 is 14.0 Å². The lowest BCUT2D eigenvalue weighted by Crippen LogP contribution is -2.20. The van der Waals surface area contributed by atoms with Gasteiger partial charge in [-0.15, -0.1) is 0 Å². The fourth-order valence-corrected chi connectivity index (χ4v) is 3.30. The molecule has 30 heavy (non-hydrogen) atoms. The average Bonchev–Trinajstić information content (AvgIpc) is 2.98. The van der Waals surface area contributed by atoms with Crippen LogP contribution in [0.5, 0.6) is 11.5 Å². The number of imidazole rings is 1. The zero-order valence-electron chi connectivity index (χ0n) is 16.2. The fraction of sp³-hybridized carbons (Fsp3) is 0.300. The molecule has 0 spiro atoms. The summed E-state index contributed by atoms with van der Waals surface area (Å²) in [5.41, 5.74) is -0.159. The maximum Gasteiger partial charge on any atom is 0.416 e. The van der Waals surface area contributed by atoms with E-state index in [0.29, 0.717) is 29.0 Å². The van der Waals surface area contributed by atoms with Gasteiger partial charge in [0.05, 0.1) is 28.2 Å². The van der Waals surface area contributed by atoms with E-state index in [1.807, 2.05) is 0 Å². The SMILES string of the molecule is CCOC(=O)C(C)n1c(C)nc2ccc(Oc3c(F)cc(C(F)(F)F)cc3Cl)cc21. The van der Waals surface area contributed by atoms with Crippen molar-refractivity contribution in [3.63, 3.8) is 0 Å². The van der Waals surface area contributed by atoms with Crippen LogP contribution >= 0.6 is 11.6 Å². The summed E-state index contributed by atoms with van der Waals surface area (Å²) in [6.45, 7) is 5.27. The van der Waals surface area contributed by atoms with E-state index in [2.05, 4.69) is 4.98 Å². The zero-order valence-corrected chi connectivity index (χ0v) is 16.9. The molecule has 0 aliphatic carbocycles. The molecule has 3 aromatic rings. The van der Waals surface area contributed by atoms with Crippen LogP contribution in [0.15, 0.2) is 30.3 Å². The van der Waals surface area contributed by atoms with E-state index in [1.54, 1.807) is 31.4 Å². The molecule has 160 valence electrons. The van der Waals surface area contributed by atoms with Gasteiger partial charge in [-0.3, -0.25) is 0 Å². The molecule has 1 atom stereocenters. The number of hydrogen-bond donors (Lipinski definition) is 0. The number of ether oxygens (including phenoxy) is 2. The van der Waals surface area contributed by atoms with Crippen molar-refractivity contribution in [2.24, 2.45) is 0 Å². The maximum absolute atomic E-state index is 14.3. The zero-order chi connectivity index (χ0) is 22.2. The Morgan fingerprint density at radius 1 is 1.27 bits per heavy atom. The molecule has 10 heteroatoms. The first-order valence-electron chi connectivity index (χ1n) is 8.92. The van der Waals surface area contributed by atoms with Gasteiger partial charge in [-0.25, -0.2) is 14.2 Å². The summed E-state index contributed by atoms with van der Waals surface area (Å²) in [5.74, 6) is -1.59. The Morgan fingerprint density at radius 3 is 2.57 bits per heavy atom. The number of carbonyl (C=O) groups excluding carboxylic acids is 1. The number of aromatic nitrogens is 2. The van der Waals surface area contributed by atoms with E-state index < -0.39 is 40.3 Å². The molecule has 5 nitrogen and oxygen atoms in total. The third-order valence-corrected chi connectivity index (χ3v) is 4.68. The van der Waals surface area contributed by atoms with Crippen LogP contribution in [0.3, 0.4) is 0 Å². The second-order valence-corrected chi connectivity index (χ2v) is 6.88. The van der Waals surface area contributed by atoms with Crippen molar-refractivity contribution in [3.8, 4) is 11.5 Å². The average molecular weight is 445 g/mol. The van der Waals surface area contributed by atoms with Gasteiger partial charge in [0.15, 0.2) is 11.6 Å². The molecule has 1 aromatic heterocycles. The Hall–Kier alpha value is -2.81. The predicted octanol–water partition coefficient (Wildman–Crippen LogP) is 6.07. The predicted molar refractivity (Wildman–Crippen MR) is 102 cm³/mol. The van der Waals surface area contributed by atoms with Crippen molar-refractivity contribution in [1.29, 1.82) is 0 Å². The first kappa shape index (κ1) is 21.9. The van der Waals surface area contributed by atoms with E-state index in [1.165, 1.54) is 12.1 Å². The molecule has 0 radical (unpaired) electrons. The number of benzene rings is 2. The van der Waals surface area contributed by atoms with Crippen LogP contribution in [-0.4, -0.2) is 22.1 Å². The molecule has 0 aliphatic heterocycles. The van der Waals surface area contributed by atoms with E-state index in [-0.39, 0.29) is 12.4 Å². The molecule has 2 aromatic carbocycles. The number of alkyl halides is 3. The first-order chi connectivity index (χ1) is 14.0. The van der Waals surface area contributed by atoms with Crippen molar-refractivity contribution in [2.45, 2.75) is 33.0 Å². The highest BCUT2D eigenvalue weighted by Gasteiger charge is 2.32. The van der Waals surface area contributed by atoms with E-state index in [4.69, 9.17) is 21.1 Å². The van der Waals surface area contributed by atoms with Crippen molar-refractivity contribution in [1.82, 2.24) is 9.55 Å². The number of fused-ring (bicyclic) bond motifs is 1. The third kappa shape index (κ3) is 4.21. The smallest absolute Gasteiger partial charge is 0.416 e. The van der Waals surface area contributed by atoms with Crippen molar-refractivity contribution in [3.05, 3.63) is 52.6 Å². The second kappa shape index (κ2) is 8.14. The quantitative estimate of drug-likeness (QED) is 0.354. The number of aryl methyl sites for hydroxylation is 1. The summed E-state index contributed by atoms with van der Waals surface area (Å²) in [6, 6.07) is 4.78. The van der Waals surface area contributed by atoms with Crippen LogP contribution in [0.25, 0.3) is 11.0 Å². The number of esters is 1. The lowest BCUT2D eigenvalue weighted by molar-refractivity contribution is -0.146. The monoisotopic (exact) mass is 444 g/mol. The van der Waals surface area contributed by atoms with Crippen LogP contribution in [0.4, 0.5) is 17.6 Å². The van der Waals surface area contributed by atoms with E-state index in [9.17, 15) is 22.4 Å². The maximum atomic E-state index is 14.3. The topological polar surface area (TPSA) is 53.4 Å². The van der Waals surface area contributed by atoms with Crippen LogP contribution in [0.2, 0.25) is 5.02 Å². The van der Waals surface area contributed by atoms with Crippen molar-refractivity contribution < 1.29 is 31.8 Å². The highest BCUT2D eigenvalue weighted by atomic mass is 35.5. The summed E-state index contributed by atoms with van der Waals surface area (Å²) >= 11 is 5.83. The van der Waals surface area contributed by atoms with Crippen LogP contribution < -0.4 is 4.74 Å². The number of carbonyl (C=O) groups is 1. The Bertz CT molecular complexity index is 1090. The normalized spacial score (nSPS) is 12.8. The summed E-state index contributed by atoms with van der Waals surface area (Å²) in [4.78, 5) is 16.5. The van der Waals surface area contributed by atoms with E-state index >= 15 is 0 Å². The largest absolute Gasteiger partial charge is 0.464 e. The molecular formula is C20H17ClF4N2O3. The Kier molecular flexibility index (Phi) is 5.94. The number of hydrogen-bond acceptors (Lipinski definition) is 4. The second-order valence-electron chi connectivity index (χ2n) is 6.48. The minimum absolute atomic E-state index is 0.111. The number of rotatable bonds is 5. The fourth-order valence-electron chi connectivity index (χ4n) is 3.05. The minimum atomic E-state index is -4.74. The molecule has 0 saturated carbocycles. The standard InChI is InChI=1S/C20H17ClF4N2O3/c1-4-29-19(28)10(2)27-11(3)26-16-6-5-13(9-17(16)27)30-18-14(21)7-12(8-15(18)22)20(23,24)25/h5-10H,4H2,1-3H3. The van der Waals surface area contributed by atoms with Crippen LogP contribution in [-0.2, 0) is 15.7 Å². The Morgan fingerprint density at radius 2 is 1.97 bits per heavy atom. The number of nitrogens with zero attached hydrogens (tertiary/aromatic N) is 2. The molecule has 0 N–H and O–H groups in total. The summed E-state index contributed by atoms with van der Waals surface area (Å²) in [6.07, 6.45) is -4.74. The summed E-state index contributed by atoms with van der Waals surface area (Å²) < 4.78 is 64.8. The molecule has 0 fully saturated rings. The molecule has 1 heterocycles.